The third kappa shape index (κ3) is 4.31. The number of nitrogens with zero attached hydrogens (tertiary/aromatic N) is 4. The number of rotatable bonds is 7. The summed E-state index contributed by atoms with van der Waals surface area (Å²) in [6, 6.07) is 5.60. The Balaban J connectivity index is 1.42. The summed E-state index contributed by atoms with van der Waals surface area (Å²) in [5.41, 5.74) is 0.829. The summed E-state index contributed by atoms with van der Waals surface area (Å²) in [4.78, 5) is 34.2. The molecule has 1 aliphatic heterocycles. The van der Waals surface area contributed by atoms with Crippen LogP contribution in [-0.2, 0) is 16.1 Å². The molecule has 3 heterocycles. The van der Waals surface area contributed by atoms with Gasteiger partial charge in [0.2, 0.25) is 11.8 Å². The molecule has 2 amide bonds. The van der Waals surface area contributed by atoms with Crippen LogP contribution in [0.5, 0.6) is 0 Å². The molecule has 9 heteroatoms. The van der Waals surface area contributed by atoms with Gasteiger partial charge in [0, 0.05) is 31.5 Å². The Morgan fingerprint density at radius 1 is 1.42 bits per heavy atom. The molecule has 1 saturated heterocycles. The maximum absolute atomic E-state index is 12.2. The highest BCUT2D eigenvalue weighted by molar-refractivity contribution is 7.99. The lowest BCUT2D eigenvalue weighted by atomic mass is 10.1. The number of thioether (sulfide) groups is 1. The van der Waals surface area contributed by atoms with E-state index in [2.05, 4.69) is 25.5 Å². The van der Waals surface area contributed by atoms with E-state index in [1.165, 1.54) is 18.1 Å². The summed E-state index contributed by atoms with van der Waals surface area (Å²) in [7, 11) is 0. The number of likely N-dealkylation sites (tertiary alicyclic amines) is 1. The minimum absolute atomic E-state index is 0.00293. The SMILES string of the molecule is O=C(NCCSc1ncn[nH]1)[C@H]1CC(=O)N(Cc2ccccn2)C1. The molecule has 0 aliphatic carbocycles. The normalized spacial score (nSPS) is 17.2. The zero-order valence-electron chi connectivity index (χ0n) is 13.0. The summed E-state index contributed by atoms with van der Waals surface area (Å²) in [6.45, 7) is 1.41. The number of nitrogens with one attached hydrogen (secondary N) is 2. The second-order valence-corrected chi connectivity index (χ2v) is 6.51. The number of pyridine rings is 1. The van der Waals surface area contributed by atoms with E-state index in [-0.39, 0.29) is 24.2 Å². The van der Waals surface area contributed by atoms with Gasteiger partial charge in [-0.1, -0.05) is 17.8 Å². The van der Waals surface area contributed by atoms with Crippen molar-refractivity contribution >= 4 is 23.6 Å². The highest BCUT2D eigenvalue weighted by Crippen LogP contribution is 2.20. The predicted octanol–water partition coefficient (Wildman–Crippen LogP) is 0.457. The fourth-order valence-electron chi connectivity index (χ4n) is 2.52. The Morgan fingerprint density at radius 3 is 3.08 bits per heavy atom. The zero-order chi connectivity index (χ0) is 16.8. The molecule has 0 saturated carbocycles. The first-order chi connectivity index (χ1) is 11.7. The van der Waals surface area contributed by atoms with Crippen LogP contribution in [-0.4, -0.2) is 55.7 Å². The smallest absolute Gasteiger partial charge is 0.225 e. The predicted molar refractivity (Wildman–Crippen MR) is 87.9 cm³/mol. The molecule has 2 N–H and O–H groups in total. The molecule has 0 spiro atoms. The topological polar surface area (TPSA) is 104 Å². The van der Waals surface area contributed by atoms with Crippen LogP contribution >= 0.6 is 11.8 Å². The van der Waals surface area contributed by atoms with Crippen molar-refractivity contribution in [1.29, 1.82) is 0 Å². The van der Waals surface area contributed by atoms with Gasteiger partial charge in [0.05, 0.1) is 18.2 Å². The zero-order valence-corrected chi connectivity index (χ0v) is 13.8. The number of carbonyl (C=O) groups excluding carboxylic acids is 2. The summed E-state index contributed by atoms with van der Waals surface area (Å²) in [6.07, 6.45) is 3.40. The second-order valence-electron chi connectivity index (χ2n) is 5.43. The van der Waals surface area contributed by atoms with Gasteiger partial charge in [-0.25, -0.2) is 4.98 Å². The van der Waals surface area contributed by atoms with Crippen molar-refractivity contribution in [2.75, 3.05) is 18.8 Å². The number of hydrogen-bond acceptors (Lipinski definition) is 6. The quantitative estimate of drug-likeness (QED) is 0.557. The molecule has 3 rings (SSSR count). The van der Waals surface area contributed by atoms with Crippen LogP contribution in [0.15, 0.2) is 35.9 Å². The van der Waals surface area contributed by atoms with E-state index in [1.807, 2.05) is 18.2 Å². The van der Waals surface area contributed by atoms with Crippen molar-refractivity contribution in [1.82, 2.24) is 30.4 Å². The summed E-state index contributed by atoms with van der Waals surface area (Å²) in [5.74, 6) is 0.317. The van der Waals surface area contributed by atoms with Crippen molar-refractivity contribution in [3.63, 3.8) is 0 Å². The molecule has 0 aromatic carbocycles. The van der Waals surface area contributed by atoms with Gasteiger partial charge in [0.1, 0.15) is 6.33 Å². The summed E-state index contributed by atoms with van der Waals surface area (Å²) >= 11 is 1.48. The van der Waals surface area contributed by atoms with Crippen LogP contribution in [0, 0.1) is 5.92 Å². The van der Waals surface area contributed by atoms with Gasteiger partial charge in [0.15, 0.2) is 5.16 Å². The van der Waals surface area contributed by atoms with Crippen LogP contribution in [0.25, 0.3) is 0 Å². The summed E-state index contributed by atoms with van der Waals surface area (Å²) < 4.78 is 0. The van der Waals surface area contributed by atoms with E-state index < -0.39 is 0 Å². The van der Waals surface area contributed by atoms with E-state index in [4.69, 9.17) is 0 Å². The van der Waals surface area contributed by atoms with E-state index in [9.17, 15) is 9.59 Å². The number of H-pyrrole nitrogens is 1. The van der Waals surface area contributed by atoms with Gasteiger partial charge < -0.3 is 10.2 Å². The fraction of sp³-hybridized carbons (Fsp3) is 0.400. The van der Waals surface area contributed by atoms with Crippen LogP contribution in [0.3, 0.4) is 0 Å². The van der Waals surface area contributed by atoms with Crippen molar-refractivity contribution in [3.05, 3.63) is 36.4 Å². The van der Waals surface area contributed by atoms with Gasteiger partial charge in [-0.3, -0.25) is 19.7 Å². The molecular formula is C15H18N6O2S. The molecule has 24 heavy (non-hydrogen) atoms. The number of amides is 2. The maximum Gasteiger partial charge on any atom is 0.225 e. The Labute approximate surface area is 143 Å². The number of hydrogen-bond donors (Lipinski definition) is 2. The lowest BCUT2D eigenvalue weighted by Gasteiger charge is -2.16. The van der Waals surface area contributed by atoms with Gasteiger partial charge in [-0.2, -0.15) is 5.10 Å². The lowest BCUT2D eigenvalue weighted by Crippen LogP contribution is -2.34. The third-order valence-corrected chi connectivity index (χ3v) is 4.58. The standard InChI is InChI=1S/C15H18N6O2S/c22-13-7-11(8-21(13)9-12-3-1-2-4-16-12)14(23)17-5-6-24-15-18-10-19-20-15/h1-4,10-11H,5-9H2,(H,17,23)(H,18,19,20)/t11-/m0/s1. The molecule has 1 atom stereocenters. The molecule has 8 nitrogen and oxygen atoms in total. The Hall–Kier alpha value is -2.42. The molecule has 1 fully saturated rings. The van der Waals surface area contributed by atoms with Gasteiger partial charge in [-0.05, 0) is 12.1 Å². The molecule has 126 valence electrons. The van der Waals surface area contributed by atoms with E-state index in [1.54, 1.807) is 11.1 Å². The molecule has 0 bridgehead atoms. The first-order valence-corrected chi connectivity index (χ1v) is 8.64. The molecular weight excluding hydrogens is 328 g/mol. The van der Waals surface area contributed by atoms with Crippen LogP contribution in [0.4, 0.5) is 0 Å². The monoisotopic (exact) mass is 346 g/mol. The maximum atomic E-state index is 12.2. The highest BCUT2D eigenvalue weighted by atomic mass is 32.2. The first-order valence-electron chi connectivity index (χ1n) is 7.66. The van der Waals surface area contributed by atoms with Crippen molar-refractivity contribution in [3.8, 4) is 0 Å². The largest absolute Gasteiger partial charge is 0.355 e. The second kappa shape index (κ2) is 7.91. The van der Waals surface area contributed by atoms with Crippen molar-refractivity contribution in [2.24, 2.45) is 5.92 Å². The first kappa shape index (κ1) is 16.4. The van der Waals surface area contributed by atoms with Crippen molar-refractivity contribution < 1.29 is 9.59 Å². The molecule has 0 unspecified atom stereocenters. The van der Waals surface area contributed by atoms with Crippen LogP contribution < -0.4 is 5.32 Å². The van der Waals surface area contributed by atoms with Gasteiger partial charge in [-0.15, -0.1) is 0 Å². The fourth-order valence-corrected chi connectivity index (χ4v) is 3.15. The molecule has 1 aliphatic rings. The number of aromatic amines is 1. The molecule has 2 aromatic rings. The third-order valence-electron chi connectivity index (χ3n) is 3.70. The van der Waals surface area contributed by atoms with Crippen LogP contribution in [0.2, 0.25) is 0 Å². The average molecular weight is 346 g/mol. The highest BCUT2D eigenvalue weighted by Gasteiger charge is 2.34. The van der Waals surface area contributed by atoms with Gasteiger partial charge in [0.25, 0.3) is 0 Å². The number of aromatic nitrogens is 4. The number of carbonyl (C=O) groups is 2. The Morgan fingerprint density at radius 2 is 2.33 bits per heavy atom. The van der Waals surface area contributed by atoms with E-state index in [0.717, 1.165) is 10.9 Å². The lowest BCUT2D eigenvalue weighted by molar-refractivity contribution is -0.129. The minimum Gasteiger partial charge on any atom is -0.355 e. The van der Waals surface area contributed by atoms with Crippen LogP contribution in [0.1, 0.15) is 12.1 Å². The van der Waals surface area contributed by atoms with Gasteiger partial charge >= 0.3 is 0 Å². The Kier molecular flexibility index (Phi) is 5.42. The van der Waals surface area contributed by atoms with Crippen molar-refractivity contribution in [2.45, 2.75) is 18.1 Å². The summed E-state index contributed by atoms with van der Waals surface area (Å²) in [5, 5.41) is 10.1. The van der Waals surface area contributed by atoms with E-state index in [0.29, 0.717) is 25.4 Å². The molecule has 0 radical (unpaired) electrons. The van der Waals surface area contributed by atoms with E-state index >= 15 is 0 Å². The minimum atomic E-state index is -0.295. The average Bonchev–Trinajstić information content (AvgIpc) is 3.23. The molecule has 2 aromatic heterocycles. The Bertz CT molecular complexity index is 679.